The Morgan fingerprint density at radius 3 is 2.37 bits per heavy atom. The van der Waals surface area contributed by atoms with Gasteiger partial charge in [0.25, 0.3) is 0 Å². The minimum Gasteiger partial charge on any atom is -0.492 e. The fraction of sp³-hybridized carbons (Fsp3) is 0.625. The van der Waals surface area contributed by atoms with Gasteiger partial charge >= 0.3 is 0 Å². The van der Waals surface area contributed by atoms with Gasteiger partial charge in [0, 0.05) is 19.6 Å². The largest absolute Gasteiger partial charge is 0.492 e. The van der Waals surface area contributed by atoms with E-state index < -0.39 is 0 Å². The van der Waals surface area contributed by atoms with E-state index in [9.17, 15) is 0 Å². The molecule has 1 aliphatic rings. The van der Waals surface area contributed by atoms with Crippen molar-refractivity contribution in [1.29, 1.82) is 0 Å². The highest BCUT2D eigenvalue weighted by Crippen LogP contribution is 2.10. The van der Waals surface area contributed by atoms with Gasteiger partial charge in [-0.15, -0.1) is 0 Å². The van der Waals surface area contributed by atoms with Gasteiger partial charge < -0.3 is 10.1 Å². The average molecular weight is 262 g/mol. The van der Waals surface area contributed by atoms with Crippen LogP contribution in [0.25, 0.3) is 0 Å². The highest BCUT2D eigenvalue weighted by Gasteiger charge is 2.16. The van der Waals surface area contributed by atoms with Crippen molar-refractivity contribution in [3.63, 3.8) is 0 Å². The summed E-state index contributed by atoms with van der Waals surface area (Å²) in [6.07, 6.45) is 0. The summed E-state index contributed by atoms with van der Waals surface area (Å²) < 4.78 is 5.79. The van der Waals surface area contributed by atoms with E-state index in [1.165, 1.54) is 0 Å². The van der Waals surface area contributed by atoms with Crippen molar-refractivity contribution in [2.45, 2.75) is 13.8 Å². The smallest absolute Gasteiger partial charge is 0.119 e. The summed E-state index contributed by atoms with van der Waals surface area (Å²) >= 11 is 0. The van der Waals surface area contributed by atoms with Crippen LogP contribution in [-0.4, -0.2) is 44.2 Å². The summed E-state index contributed by atoms with van der Waals surface area (Å²) in [5.74, 6) is 2.39. The van der Waals surface area contributed by atoms with Crippen LogP contribution in [0.5, 0.6) is 5.75 Å². The number of benzene rings is 1. The molecule has 0 amide bonds. The highest BCUT2D eigenvalue weighted by molar-refractivity contribution is 5.20. The highest BCUT2D eigenvalue weighted by atomic mass is 16.5. The molecule has 1 N–H and O–H groups in total. The molecular formula is C16H26N2O. The molecule has 0 spiro atoms. The molecule has 1 heterocycles. The molecule has 19 heavy (non-hydrogen) atoms. The van der Waals surface area contributed by atoms with Crippen LogP contribution in [0.4, 0.5) is 0 Å². The van der Waals surface area contributed by atoms with Crippen LogP contribution < -0.4 is 10.1 Å². The van der Waals surface area contributed by atoms with Gasteiger partial charge in [0.05, 0.1) is 0 Å². The van der Waals surface area contributed by atoms with Crippen LogP contribution in [0.3, 0.4) is 0 Å². The summed E-state index contributed by atoms with van der Waals surface area (Å²) in [5.41, 5.74) is 0. The summed E-state index contributed by atoms with van der Waals surface area (Å²) in [6.45, 7) is 11.0. The number of hydrogen-bond acceptors (Lipinski definition) is 3. The number of hydrogen-bond donors (Lipinski definition) is 1. The van der Waals surface area contributed by atoms with E-state index in [2.05, 4.69) is 24.1 Å². The number of rotatable bonds is 4. The molecule has 3 nitrogen and oxygen atoms in total. The standard InChI is InChI=1S/C16H26N2O/c1-14-10-17-11-15(2)13-18(12-14)8-9-19-16-6-4-3-5-7-16/h3-7,14-15,17H,8-13H2,1-2H3. The third-order valence-electron chi connectivity index (χ3n) is 3.54. The number of nitrogens with zero attached hydrogens (tertiary/aromatic N) is 1. The molecule has 0 aromatic heterocycles. The lowest BCUT2D eigenvalue weighted by Gasteiger charge is -2.31. The number of nitrogens with one attached hydrogen (secondary N) is 1. The zero-order valence-electron chi connectivity index (χ0n) is 12.1. The first-order chi connectivity index (χ1) is 9.24. The lowest BCUT2D eigenvalue weighted by molar-refractivity contribution is 0.156. The first-order valence-electron chi connectivity index (χ1n) is 7.35. The van der Waals surface area contributed by atoms with Crippen LogP contribution in [-0.2, 0) is 0 Å². The second-order valence-corrected chi connectivity index (χ2v) is 5.79. The van der Waals surface area contributed by atoms with Crippen molar-refractivity contribution in [1.82, 2.24) is 10.2 Å². The van der Waals surface area contributed by atoms with Gasteiger partial charge in [0.15, 0.2) is 0 Å². The Kier molecular flexibility index (Phi) is 5.67. The van der Waals surface area contributed by atoms with E-state index in [1.54, 1.807) is 0 Å². The third-order valence-corrected chi connectivity index (χ3v) is 3.54. The predicted octanol–water partition coefficient (Wildman–Crippen LogP) is 2.24. The van der Waals surface area contributed by atoms with Crippen LogP contribution in [0.15, 0.2) is 30.3 Å². The van der Waals surface area contributed by atoms with Crippen LogP contribution in [0.1, 0.15) is 13.8 Å². The maximum Gasteiger partial charge on any atom is 0.119 e. The van der Waals surface area contributed by atoms with Crippen LogP contribution in [0.2, 0.25) is 0 Å². The van der Waals surface area contributed by atoms with Gasteiger partial charge in [-0.3, -0.25) is 4.90 Å². The Morgan fingerprint density at radius 1 is 1.11 bits per heavy atom. The molecule has 1 fully saturated rings. The third kappa shape index (κ3) is 5.21. The molecular weight excluding hydrogens is 236 g/mol. The Labute approximate surface area is 116 Å². The Morgan fingerprint density at radius 2 is 1.74 bits per heavy atom. The van der Waals surface area contributed by atoms with E-state index in [1.807, 2.05) is 30.3 Å². The first-order valence-corrected chi connectivity index (χ1v) is 7.35. The average Bonchev–Trinajstić information content (AvgIpc) is 2.38. The molecule has 2 rings (SSSR count). The van der Waals surface area contributed by atoms with Gasteiger partial charge in [-0.05, 0) is 37.1 Å². The normalized spacial score (nSPS) is 25.6. The molecule has 2 atom stereocenters. The molecule has 2 unspecified atom stereocenters. The predicted molar refractivity (Wildman–Crippen MR) is 79.6 cm³/mol. The molecule has 3 heteroatoms. The summed E-state index contributed by atoms with van der Waals surface area (Å²) in [6, 6.07) is 10.1. The molecule has 1 aromatic carbocycles. The Bertz CT molecular complexity index is 343. The summed E-state index contributed by atoms with van der Waals surface area (Å²) in [4.78, 5) is 2.54. The van der Waals surface area contributed by atoms with Gasteiger partial charge in [0.1, 0.15) is 12.4 Å². The van der Waals surface area contributed by atoms with Gasteiger partial charge in [0.2, 0.25) is 0 Å². The molecule has 0 bridgehead atoms. The van der Waals surface area contributed by atoms with Gasteiger partial charge in [-0.2, -0.15) is 0 Å². The van der Waals surface area contributed by atoms with Gasteiger partial charge in [-0.1, -0.05) is 32.0 Å². The second kappa shape index (κ2) is 7.51. The number of para-hydroxylation sites is 1. The van der Waals surface area contributed by atoms with Crippen molar-refractivity contribution < 1.29 is 4.74 Å². The minimum atomic E-state index is 0.712. The maximum absolute atomic E-state index is 5.79. The molecule has 1 aromatic rings. The quantitative estimate of drug-likeness (QED) is 0.900. The fourth-order valence-corrected chi connectivity index (χ4v) is 2.65. The zero-order chi connectivity index (χ0) is 13.5. The van der Waals surface area contributed by atoms with Crippen molar-refractivity contribution in [3.05, 3.63) is 30.3 Å². The van der Waals surface area contributed by atoms with Crippen LogP contribution in [0, 0.1) is 11.8 Å². The maximum atomic E-state index is 5.79. The van der Waals surface area contributed by atoms with E-state index in [0.717, 1.165) is 45.1 Å². The lowest BCUT2D eigenvalue weighted by Crippen LogP contribution is -2.43. The SMILES string of the molecule is CC1CNCC(C)CN(CCOc2ccccc2)C1. The molecule has 1 saturated heterocycles. The summed E-state index contributed by atoms with van der Waals surface area (Å²) in [7, 11) is 0. The van der Waals surface area contributed by atoms with E-state index in [4.69, 9.17) is 4.74 Å². The van der Waals surface area contributed by atoms with E-state index >= 15 is 0 Å². The molecule has 0 aliphatic carbocycles. The van der Waals surface area contributed by atoms with Crippen LogP contribution >= 0.6 is 0 Å². The lowest BCUT2D eigenvalue weighted by atomic mass is 10.1. The molecule has 0 saturated carbocycles. The van der Waals surface area contributed by atoms with Crippen molar-refractivity contribution in [2.75, 3.05) is 39.3 Å². The Hall–Kier alpha value is -1.06. The fourth-order valence-electron chi connectivity index (χ4n) is 2.65. The Balaban J connectivity index is 1.76. The monoisotopic (exact) mass is 262 g/mol. The topological polar surface area (TPSA) is 24.5 Å². The molecule has 106 valence electrons. The summed E-state index contributed by atoms with van der Waals surface area (Å²) in [5, 5.41) is 3.53. The first kappa shape index (κ1) is 14.4. The van der Waals surface area contributed by atoms with E-state index in [0.29, 0.717) is 11.8 Å². The molecule has 0 radical (unpaired) electrons. The second-order valence-electron chi connectivity index (χ2n) is 5.79. The van der Waals surface area contributed by atoms with Crippen molar-refractivity contribution >= 4 is 0 Å². The van der Waals surface area contributed by atoms with Crippen molar-refractivity contribution in [2.24, 2.45) is 11.8 Å². The number of ether oxygens (including phenoxy) is 1. The minimum absolute atomic E-state index is 0.712. The van der Waals surface area contributed by atoms with Gasteiger partial charge in [-0.25, -0.2) is 0 Å². The molecule has 1 aliphatic heterocycles. The zero-order valence-corrected chi connectivity index (χ0v) is 12.1. The van der Waals surface area contributed by atoms with Crippen molar-refractivity contribution in [3.8, 4) is 5.75 Å². The van der Waals surface area contributed by atoms with E-state index in [-0.39, 0.29) is 0 Å².